The van der Waals surface area contributed by atoms with Gasteiger partial charge in [0, 0.05) is 19.6 Å². The average molecular weight is 305 g/mol. The van der Waals surface area contributed by atoms with Crippen LogP contribution in [0.3, 0.4) is 0 Å². The molecule has 1 heterocycles. The third kappa shape index (κ3) is 3.09. The fourth-order valence-corrected chi connectivity index (χ4v) is 4.04. The molecule has 0 radical (unpaired) electrons. The minimum Gasteiger partial charge on any atom is -0.376 e. The maximum absolute atomic E-state index is 12.6. The van der Waals surface area contributed by atoms with E-state index in [1.54, 1.807) is 12.1 Å². The lowest BCUT2D eigenvalue weighted by molar-refractivity contribution is 0.0102. The smallest absolute Gasteiger partial charge is 0.244 e. The van der Waals surface area contributed by atoms with Gasteiger partial charge in [0.05, 0.1) is 17.7 Å². The number of hydrogen-bond donors (Lipinski definition) is 1. The van der Waals surface area contributed by atoms with Crippen LogP contribution in [0.4, 0.5) is 0 Å². The minimum atomic E-state index is -3.59. The summed E-state index contributed by atoms with van der Waals surface area (Å²) in [6.07, 6.45) is -0.111. The van der Waals surface area contributed by atoms with Gasteiger partial charge in [-0.2, -0.15) is 4.31 Å². The van der Waals surface area contributed by atoms with Gasteiger partial charge in [-0.05, 0) is 24.6 Å². The van der Waals surface area contributed by atoms with Crippen LogP contribution >= 0.6 is 11.6 Å². The van der Waals surface area contributed by atoms with Crippen molar-refractivity contribution in [2.45, 2.75) is 24.5 Å². The number of nitrogens with zero attached hydrogens (tertiary/aromatic N) is 1. The molecule has 5 nitrogen and oxygen atoms in total. The first kappa shape index (κ1) is 14.7. The molecule has 2 N–H and O–H groups in total. The van der Waals surface area contributed by atoms with Crippen molar-refractivity contribution in [3.8, 4) is 0 Å². The third-order valence-electron chi connectivity index (χ3n) is 3.05. The number of nitrogens with two attached hydrogens (primary N) is 1. The fraction of sp³-hybridized carbons (Fsp3) is 0.500. The Bertz CT molecular complexity index is 562. The van der Waals surface area contributed by atoms with Gasteiger partial charge in [0.15, 0.2) is 0 Å². The first-order valence-electron chi connectivity index (χ1n) is 6.05. The van der Waals surface area contributed by atoms with E-state index in [4.69, 9.17) is 22.1 Å². The van der Waals surface area contributed by atoms with Gasteiger partial charge >= 0.3 is 0 Å². The highest BCUT2D eigenvalue weighted by Gasteiger charge is 2.30. The summed E-state index contributed by atoms with van der Waals surface area (Å²) in [4.78, 5) is 0.117. The third-order valence-corrected chi connectivity index (χ3v) is 5.40. The standard InChI is InChI=1S/C12H17ClN2O3S/c1-9-8-15(4-5-18-9)19(16,17)12-6-10(7-14)2-3-11(12)13/h2-3,6,9H,4-5,7-8,14H2,1H3. The number of hydrogen-bond acceptors (Lipinski definition) is 4. The Morgan fingerprint density at radius 2 is 2.26 bits per heavy atom. The van der Waals surface area contributed by atoms with E-state index in [9.17, 15) is 8.42 Å². The van der Waals surface area contributed by atoms with Crippen molar-refractivity contribution in [3.05, 3.63) is 28.8 Å². The molecule has 1 fully saturated rings. The normalized spacial score (nSPS) is 21.5. The van der Waals surface area contributed by atoms with Crippen LogP contribution in [0.1, 0.15) is 12.5 Å². The number of morpholine rings is 1. The van der Waals surface area contributed by atoms with Crippen LogP contribution in [0, 0.1) is 0 Å². The van der Waals surface area contributed by atoms with E-state index in [-0.39, 0.29) is 22.6 Å². The Labute approximate surface area is 118 Å². The van der Waals surface area contributed by atoms with Crippen LogP contribution in [0.5, 0.6) is 0 Å². The fourth-order valence-electron chi connectivity index (χ4n) is 2.02. The molecule has 7 heteroatoms. The zero-order valence-electron chi connectivity index (χ0n) is 10.7. The second-order valence-corrected chi connectivity index (χ2v) is 6.83. The summed E-state index contributed by atoms with van der Waals surface area (Å²) < 4.78 is 31.9. The number of rotatable bonds is 3. The van der Waals surface area contributed by atoms with Gasteiger partial charge in [0.1, 0.15) is 4.90 Å². The predicted molar refractivity (Wildman–Crippen MR) is 73.5 cm³/mol. The molecule has 0 saturated carbocycles. The molecule has 1 atom stereocenters. The van der Waals surface area contributed by atoms with Crippen molar-refractivity contribution in [3.63, 3.8) is 0 Å². The quantitative estimate of drug-likeness (QED) is 0.911. The van der Waals surface area contributed by atoms with Gasteiger partial charge in [-0.25, -0.2) is 8.42 Å². The molecular weight excluding hydrogens is 288 g/mol. The molecule has 0 bridgehead atoms. The summed E-state index contributed by atoms with van der Waals surface area (Å²) in [6, 6.07) is 4.83. The summed E-state index contributed by atoms with van der Waals surface area (Å²) in [6.45, 7) is 3.20. The van der Waals surface area contributed by atoms with E-state index >= 15 is 0 Å². The summed E-state index contributed by atoms with van der Waals surface area (Å²) in [5.41, 5.74) is 6.28. The molecule has 0 aromatic heterocycles. The largest absolute Gasteiger partial charge is 0.376 e. The van der Waals surface area contributed by atoms with Crippen molar-refractivity contribution in [1.29, 1.82) is 0 Å². The molecule has 0 amide bonds. The van der Waals surface area contributed by atoms with E-state index in [2.05, 4.69) is 0 Å². The SMILES string of the molecule is CC1CN(S(=O)(=O)c2cc(CN)ccc2Cl)CCO1. The first-order valence-corrected chi connectivity index (χ1v) is 7.87. The summed E-state index contributed by atoms with van der Waals surface area (Å²) in [5, 5.41) is 0.219. The Morgan fingerprint density at radius 1 is 1.53 bits per heavy atom. The first-order chi connectivity index (χ1) is 8.95. The zero-order chi connectivity index (χ0) is 14.0. The van der Waals surface area contributed by atoms with Crippen LogP contribution < -0.4 is 5.73 Å². The van der Waals surface area contributed by atoms with E-state index in [1.807, 2.05) is 6.92 Å². The number of sulfonamides is 1. The lowest BCUT2D eigenvalue weighted by Crippen LogP contribution is -2.44. The summed E-state index contributed by atoms with van der Waals surface area (Å²) >= 11 is 6.02. The van der Waals surface area contributed by atoms with Crippen LogP contribution in [0.25, 0.3) is 0 Å². The number of ether oxygens (including phenoxy) is 1. The lowest BCUT2D eigenvalue weighted by Gasteiger charge is -2.30. The Balaban J connectivity index is 2.38. The van der Waals surface area contributed by atoms with Crippen LogP contribution in [0.2, 0.25) is 5.02 Å². The summed E-state index contributed by atoms with van der Waals surface area (Å²) in [5.74, 6) is 0. The molecular formula is C12H17ClN2O3S. The molecule has 1 saturated heterocycles. The maximum Gasteiger partial charge on any atom is 0.244 e. The van der Waals surface area contributed by atoms with Crippen molar-refractivity contribution in [2.75, 3.05) is 19.7 Å². The van der Waals surface area contributed by atoms with Crippen molar-refractivity contribution in [2.24, 2.45) is 5.73 Å². The zero-order valence-corrected chi connectivity index (χ0v) is 12.2. The Hall–Kier alpha value is -0.660. The van der Waals surface area contributed by atoms with Crippen LogP contribution in [-0.4, -0.2) is 38.5 Å². The molecule has 2 rings (SSSR count). The Morgan fingerprint density at radius 3 is 2.89 bits per heavy atom. The monoisotopic (exact) mass is 304 g/mol. The van der Waals surface area contributed by atoms with Crippen LogP contribution in [-0.2, 0) is 21.3 Å². The summed E-state index contributed by atoms with van der Waals surface area (Å²) in [7, 11) is -3.59. The molecule has 1 unspecified atom stereocenters. The molecule has 0 aliphatic carbocycles. The van der Waals surface area contributed by atoms with E-state index in [0.717, 1.165) is 5.56 Å². The number of benzene rings is 1. The van der Waals surface area contributed by atoms with Crippen molar-refractivity contribution >= 4 is 21.6 Å². The van der Waals surface area contributed by atoms with E-state index < -0.39 is 10.0 Å². The average Bonchev–Trinajstić information content (AvgIpc) is 2.39. The molecule has 1 aliphatic rings. The second kappa shape index (κ2) is 5.76. The topological polar surface area (TPSA) is 72.6 Å². The van der Waals surface area contributed by atoms with Gasteiger partial charge in [0.25, 0.3) is 0 Å². The predicted octanol–water partition coefficient (Wildman–Crippen LogP) is 1.21. The van der Waals surface area contributed by atoms with E-state index in [1.165, 1.54) is 10.4 Å². The van der Waals surface area contributed by atoms with Crippen molar-refractivity contribution < 1.29 is 13.2 Å². The molecule has 0 spiro atoms. The van der Waals surface area contributed by atoms with E-state index in [0.29, 0.717) is 19.7 Å². The van der Waals surface area contributed by atoms with Gasteiger partial charge in [0.2, 0.25) is 10.0 Å². The highest BCUT2D eigenvalue weighted by molar-refractivity contribution is 7.89. The second-order valence-electron chi connectivity index (χ2n) is 4.51. The molecule has 1 aromatic rings. The van der Waals surface area contributed by atoms with Gasteiger partial charge in [-0.1, -0.05) is 17.7 Å². The van der Waals surface area contributed by atoms with Crippen LogP contribution in [0.15, 0.2) is 23.1 Å². The molecule has 106 valence electrons. The van der Waals surface area contributed by atoms with Gasteiger partial charge in [-0.15, -0.1) is 0 Å². The maximum atomic E-state index is 12.6. The molecule has 1 aromatic carbocycles. The minimum absolute atomic E-state index is 0.111. The van der Waals surface area contributed by atoms with Crippen molar-refractivity contribution in [1.82, 2.24) is 4.31 Å². The molecule has 1 aliphatic heterocycles. The van der Waals surface area contributed by atoms with Gasteiger partial charge < -0.3 is 10.5 Å². The highest BCUT2D eigenvalue weighted by atomic mass is 35.5. The van der Waals surface area contributed by atoms with Gasteiger partial charge in [-0.3, -0.25) is 0 Å². The Kier molecular flexibility index (Phi) is 4.47. The molecule has 19 heavy (non-hydrogen) atoms. The highest BCUT2D eigenvalue weighted by Crippen LogP contribution is 2.27. The lowest BCUT2D eigenvalue weighted by atomic mass is 10.2. The number of halogens is 1.